The van der Waals surface area contributed by atoms with E-state index in [1.165, 1.54) is 6.26 Å². The number of benzene rings is 1. The molecule has 1 aliphatic rings. The summed E-state index contributed by atoms with van der Waals surface area (Å²) in [6, 6.07) is 6.68. The van der Waals surface area contributed by atoms with Gasteiger partial charge in [-0.05, 0) is 51.3 Å². The van der Waals surface area contributed by atoms with E-state index in [1.54, 1.807) is 23.1 Å². The van der Waals surface area contributed by atoms with Gasteiger partial charge in [0.05, 0.1) is 10.9 Å². The van der Waals surface area contributed by atoms with Crippen molar-refractivity contribution < 1.29 is 17.9 Å². The van der Waals surface area contributed by atoms with Crippen LogP contribution in [0.2, 0.25) is 0 Å². The van der Waals surface area contributed by atoms with Crippen LogP contribution in [0.3, 0.4) is 0 Å². The van der Waals surface area contributed by atoms with Gasteiger partial charge in [0.1, 0.15) is 5.60 Å². The molecule has 1 heterocycles. The summed E-state index contributed by atoms with van der Waals surface area (Å²) >= 11 is 0. The molecule has 0 saturated carbocycles. The zero-order chi connectivity index (χ0) is 16.5. The highest BCUT2D eigenvalue weighted by Gasteiger charge is 2.33. The van der Waals surface area contributed by atoms with E-state index in [4.69, 9.17) is 4.74 Å². The molecule has 1 amide bonds. The number of nitrogens with zero attached hydrogens (tertiary/aromatic N) is 1. The quantitative estimate of drug-likeness (QED) is 0.838. The minimum atomic E-state index is -3.26. The highest BCUT2D eigenvalue weighted by Crippen LogP contribution is 2.34. The number of sulfone groups is 1. The second kappa shape index (κ2) is 5.91. The zero-order valence-corrected chi connectivity index (χ0v) is 14.3. The number of ether oxygens (including phenoxy) is 1. The molecule has 0 aliphatic carbocycles. The fourth-order valence-electron chi connectivity index (χ4n) is 2.60. The molecule has 122 valence electrons. The number of carbonyl (C=O) groups excluding carboxylic acids is 1. The van der Waals surface area contributed by atoms with E-state index in [9.17, 15) is 13.2 Å². The molecule has 0 bridgehead atoms. The molecule has 1 saturated heterocycles. The largest absolute Gasteiger partial charge is 0.444 e. The van der Waals surface area contributed by atoms with Crippen LogP contribution < -0.4 is 0 Å². The van der Waals surface area contributed by atoms with Crippen LogP contribution in [0, 0.1) is 0 Å². The third-order valence-electron chi connectivity index (χ3n) is 3.55. The maximum atomic E-state index is 12.3. The molecule has 0 spiro atoms. The maximum Gasteiger partial charge on any atom is 0.410 e. The van der Waals surface area contributed by atoms with E-state index in [-0.39, 0.29) is 17.0 Å². The molecule has 1 aliphatic heterocycles. The van der Waals surface area contributed by atoms with Crippen LogP contribution in [0.25, 0.3) is 0 Å². The van der Waals surface area contributed by atoms with Crippen LogP contribution >= 0.6 is 0 Å². The Labute approximate surface area is 132 Å². The Morgan fingerprint density at radius 1 is 1.32 bits per heavy atom. The molecule has 6 heteroatoms. The normalized spacial score (nSPS) is 19.3. The molecule has 0 aromatic heterocycles. The van der Waals surface area contributed by atoms with E-state index in [2.05, 4.69) is 0 Å². The van der Waals surface area contributed by atoms with Crippen molar-refractivity contribution >= 4 is 15.9 Å². The van der Waals surface area contributed by atoms with E-state index in [0.717, 1.165) is 18.4 Å². The number of likely N-dealkylation sites (tertiary alicyclic amines) is 1. The molecule has 1 fully saturated rings. The Morgan fingerprint density at radius 2 is 2.00 bits per heavy atom. The summed E-state index contributed by atoms with van der Waals surface area (Å²) in [7, 11) is -3.26. The van der Waals surface area contributed by atoms with E-state index in [1.807, 2.05) is 26.8 Å². The Kier molecular flexibility index (Phi) is 4.52. The van der Waals surface area contributed by atoms with E-state index < -0.39 is 15.4 Å². The third kappa shape index (κ3) is 4.00. The molecule has 1 aromatic carbocycles. The molecule has 2 rings (SSSR count). The Bertz CT molecular complexity index is 661. The summed E-state index contributed by atoms with van der Waals surface area (Å²) in [6.45, 7) is 6.13. The van der Waals surface area contributed by atoms with Crippen molar-refractivity contribution in [3.63, 3.8) is 0 Å². The van der Waals surface area contributed by atoms with Gasteiger partial charge in [0.25, 0.3) is 0 Å². The van der Waals surface area contributed by atoms with Crippen LogP contribution in [0.4, 0.5) is 4.79 Å². The highest BCUT2D eigenvalue weighted by molar-refractivity contribution is 7.90. The Hall–Kier alpha value is -1.56. The van der Waals surface area contributed by atoms with Crippen LogP contribution in [0.1, 0.15) is 45.2 Å². The minimum absolute atomic E-state index is 0.128. The van der Waals surface area contributed by atoms with Gasteiger partial charge in [-0.15, -0.1) is 0 Å². The molecule has 1 aromatic rings. The molecular weight excluding hydrogens is 302 g/mol. The lowest BCUT2D eigenvalue weighted by Gasteiger charge is -2.29. The summed E-state index contributed by atoms with van der Waals surface area (Å²) < 4.78 is 28.8. The van der Waals surface area contributed by atoms with Crippen molar-refractivity contribution in [1.29, 1.82) is 0 Å². The second-order valence-corrected chi connectivity index (χ2v) is 8.69. The Morgan fingerprint density at radius 3 is 2.59 bits per heavy atom. The van der Waals surface area contributed by atoms with Crippen molar-refractivity contribution in [2.45, 2.75) is 50.2 Å². The van der Waals surface area contributed by atoms with Gasteiger partial charge in [0.15, 0.2) is 9.84 Å². The Balaban J connectivity index is 2.26. The summed E-state index contributed by atoms with van der Waals surface area (Å²) in [5.41, 5.74) is 0.296. The van der Waals surface area contributed by atoms with E-state index >= 15 is 0 Å². The van der Waals surface area contributed by atoms with Gasteiger partial charge in [0.2, 0.25) is 0 Å². The summed E-state index contributed by atoms with van der Waals surface area (Å²) in [5, 5.41) is 0. The van der Waals surface area contributed by atoms with Gasteiger partial charge in [-0.3, -0.25) is 0 Å². The second-order valence-electron chi connectivity index (χ2n) is 6.68. The maximum absolute atomic E-state index is 12.3. The fourth-order valence-corrected chi connectivity index (χ4v) is 3.28. The number of hydrogen-bond acceptors (Lipinski definition) is 4. The summed E-state index contributed by atoms with van der Waals surface area (Å²) in [4.78, 5) is 14.3. The first-order chi connectivity index (χ1) is 10.1. The molecule has 1 atom stereocenters. The SMILES string of the molecule is CC(C)(C)OC(=O)N1CCCC1c1cccc(S(C)(=O)=O)c1. The predicted octanol–water partition coefficient (Wildman–Crippen LogP) is 3.16. The number of hydrogen-bond donors (Lipinski definition) is 0. The highest BCUT2D eigenvalue weighted by atomic mass is 32.2. The smallest absolute Gasteiger partial charge is 0.410 e. The number of amides is 1. The van der Waals surface area contributed by atoms with Gasteiger partial charge in [-0.25, -0.2) is 13.2 Å². The molecule has 0 N–H and O–H groups in total. The van der Waals surface area contributed by atoms with Crippen LogP contribution in [-0.4, -0.2) is 37.8 Å². The lowest BCUT2D eigenvalue weighted by Crippen LogP contribution is -2.36. The summed E-state index contributed by atoms with van der Waals surface area (Å²) in [6.07, 6.45) is 2.53. The van der Waals surface area contributed by atoms with Crippen molar-refractivity contribution in [3.8, 4) is 0 Å². The molecule has 22 heavy (non-hydrogen) atoms. The van der Waals surface area contributed by atoms with Crippen molar-refractivity contribution in [2.75, 3.05) is 12.8 Å². The molecular formula is C16H23NO4S. The van der Waals surface area contributed by atoms with Gasteiger partial charge in [0, 0.05) is 12.8 Å². The predicted molar refractivity (Wildman–Crippen MR) is 84.5 cm³/mol. The average Bonchev–Trinajstić information content (AvgIpc) is 2.85. The van der Waals surface area contributed by atoms with Crippen molar-refractivity contribution in [2.24, 2.45) is 0 Å². The first kappa shape index (κ1) is 16.8. The monoisotopic (exact) mass is 325 g/mol. The van der Waals surface area contributed by atoms with Crippen LogP contribution in [0.15, 0.2) is 29.2 Å². The lowest BCUT2D eigenvalue weighted by atomic mass is 10.1. The van der Waals surface area contributed by atoms with Gasteiger partial charge in [-0.1, -0.05) is 12.1 Å². The standard InChI is InChI=1S/C16H23NO4S/c1-16(2,3)21-15(18)17-10-6-9-14(17)12-7-5-8-13(11-12)22(4,19)20/h5,7-8,11,14H,6,9-10H2,1-4H3. The molecule has 0 radical (unpaired) electrons. The molecule has 1 unspecified atom stereocenters. The third-order valence-corrected chi connectivity index (χ3v) is 4.66. The van der Waals surface area contributed by atoms with Crippen molar-refractivity contribution in [3.05, 3.63) is 29.8 Å². The van der Waals surface area contributed by atoms with Crippen LogP contribution in [-0.2, 0) is 14.6 Å². The number of carbonyl (C=O) groups is 1. The van der Waals surface area contributed by atoms with Gasteiger partial charge >= 0.3 is 6.09 Å². The fraction of sp³-hybridized carbons (Fsp3) is 0.562. The van der Waals surface area contributed by atoms with Crippen LogP contribution in [0.5, 0.6) is 0 Å². The zero-order valence-electron chi connectivity index (χ0n) is 13.5. The first-order valence-corrected chi connectivity index (χ1v) is 9.27. The number of rotatable bonds is 2. The lowest BCUT2D eigenvalue weighted by molar-refractivity contribution is 0.0224. The van der Waals surface area contributed by atoms with Crippen molar-refractivity contribution in [1.82, 2.24) is 4.90 Å². The molecule has 5 nitrogen and oxygen atoms in total. The summed E-state index contributed by atoms with van der Waals surface area (Å²) in [5.74, 6) is 0. The van der Waals surface area contributed by atoms with Gasteiger partial charge < -0.3 is 9.64 Å². The first-order valence-electron chi connectivity index (χ1n) is 7.37. The average molecular weight is 325 g/mol. The topological polar surface area (TPSA) is 63.7 Å². The minimum Gasteiger partial charge on any atom is -0.444 e. The van der Waals surface area contributed by atoms with E-state index in [0.29, 0.717) is 6.54 Å². The van der Waals surface area contributed by atoms with Gasteiger partial charge in [-0.2, -0.15) is 0 Å².